The summed E-state index contributed by atoms with van der Waals surface area (Å²) in [5.41, 5.74) is 4.70. The Hall–Kier alpha value is -1.35. The number of nitrogens with two attached hydrogens (primary N) is 1. The van der Waals surface area contributed by atoms with Crippen molar-refractivity contribution in [3.05, 3.63) is 29.3 Å². The average Bonchev–Trinajstić information content (AvgIpc) is 2.08. The highest BCUT2D eigenvalue weighted by Crippen LogP contribution is 2.22. The number of para-hydroxylation sites is 1. The highest BCUT2D eigenvalue weighted by molar-refractivity contribution is 6.62. The van der Waals surface area contributed by atoms with Crippen LogP contribution in [-0.4, -0.2) is 11.4 Å². The van der Waals surface area contributed by atoms with Crippen LogP contribution in [0.2, 0.25) is 5.02 Å². The SMILES string of the molecule is NC(=O)Cl.O=C=Nc1ccccc1Cl. The first-order valence-corrected chi connectivity index (χ1v) is 4.11. The van der Waals surface area contributed by atoms with E-state index < -0.39 is 5.37 Å². The first kappa shape index (κ1) is 12.7. The van der Waals surface area contributed by atoms with Gasteiger partial charge in [0, 0.05) is 0 Å². The van der Waals surface area contributed by atoms with Crippen LogP contribution < -0.4 is 5.73 Å². The molecule has 0 aromatic heterocycles. The lowest BCUT2D eigenvalue weighted by Crippen LogP contribution is -1.94. The summed E-state index contributed by atoms with van der Waals surface area (Å²) in [7, 11) is 0. The standard InChI is InChI=1S/C7H4ClNO.CH2ClNO/c8-6-3-1-2-4-7(6)9-5-10;2-1(3)4/h1-4H;(H2,3,4). The highest BCUT2D eigenvalue weighted by Gasteiger charge is 1.92. The summed E-state index contributed by atoms with van der Waals surface area (Å²) in [6, 6.07) is 6.83. The smallest absolute Gasteiger partial charge is 0.311 e. The molecule has 0 fully saturated rings. The van der Waals surface area contributed by atoms with Crippen LogP contribution in [0.1, 0.15) is 0 Å². The first-order chi connectivity index (χ1) is 6.57. The highest BCUT2D eigenvalue weighted by atomic mass is 35.5. The van der Waals surface area contributed by atoms with E-state index in [-0.39, 0.29) is 0 Å². The van der Waals surface area contributed by atoms with Crippen LogP contribution >= 0.6 is 23.2 Å². The van der Waals surface area contributed by atoms with Gasteiger partial charge in [0.15, 0.2) is 0 Å². The Bertz CT molecular complexity index is 358. The monoisotopic (exact) mass is 232 g/mol. The van der Waals surface area contributed by atoms with Crippen molar-refractivity contribution in [3.63, 3.8) is 0 Å². The summed E-state index contributed by atoms with van der Waals surface area (Å²) in [4.78, 5) is 22.1. The number of rotatable bonds is 1. The summed E-state index contributed by atoms with van der Waals surface area (Å²) in [6.45, 7) is 0. The Morgan fingerprint density at radius 2 is 1.93 bits per heavy atom. The molecular formula is C8H6Cl2N2O2. The summed E-state index contributed by atoms with van der Waals surface area (Å²) in [6.07, 6.45) is 1.42. The minimum atomic E-state index is -0.861. The second-order valence-electron chi connectivity index (χ2n) is 1.96. The molecule has 6 heteroatoms. The average molecular weight is 233 g/mol. The zero-order valence-electron chi connectivity index (χ0n) is 6.91. The molecule has 1 aromatic carbocycles. The van der Waals surface area contributed by atoms with Crippen LogP contribution in [0.4, 0.5) is 10.5 Å². The molecular weight excluding hydrogens is 227 g/mol. The lowest BCUT2D eigenvalue weighted by atomic mass is 10.3. The number of hydrogen-bond donors (Lipinski definition) is 1. The molecule has 0 aliphatic carbocycles. The van der Waals surface area contributed by atoms with Crippen LogP contribution in [0.15, 0.2) is 29.3 Å². The largest absolute Gasteiger partial charge is 0.356 e. The Morgan fingerprint density at radius 1 is 1.43 bits per heavy atom. The minimum absolute atomic E-state index is 0.458. The van der Waals surface area contributed by atoms with E-state index in [1.807, 2.05) is 0 Å². The van der Waals surface area contributed by atoms with Crippen LogP contribution in [0.25, 0.3) is 0 Å². The van der Waals surface area contributed by atoms with Crippen LogP contribution in [0.3, 0.4) is 0 Å². The number of hydrogen-bond acceptors (Lipinski definition) is 3. The van der Waals surface area contributed by atoms with E-state index in [0.29, 0.717) is 10.7 Å². The normalized spacial score (nSPS) is 7.86. The van der Waals surface area contributed by atoms with E-state index in [2.05, 4.69) is 22.3 Å². The lowest BCUT2D eigenvalue weighted by Gasteiger charge is -1.90. The molecule has 0 radical (unpaired) electrons. The van der Waals surface area contributed by atoms with Crippen molar-refractivity contribution < 1.29 is 9.59 Å². The fourth-order valence-corrected chi connectivity index (χ4v) is 0.770. The summed E-state index contributed by atoms with van der Waals surface area (Å²) in [5.74, 6) is 0. The molecule has 0 spiro atoms. The van der Waals surface area contributed by atoms with Crippen molar-refractivity contribution in [2.24, 2.45) is 10.7 Å². The van der Waals surface area contributed by atoms with E-state index >= 15 is 0 Å². The van der Waals surface area contributed by atoms with Gasteiger partial charge >= 0.3 is 5.37 Å². The Morgan fingerprint density at radius 3 is 2.36 bits per heavy atom. The fraction of sp³-hybridized carbons (Fsp3) is 0. The maximum atomic E-state index is 9.78. The molecule has 2 N–H and O–H groups in total. The number of carbonyl (C=O) groups is 1. The lowest BCUT2D eigenvalue weighted by molar-refractivity contribution is 0.266. The van der Waals surface area contributed by atoms with E-state index in [1.165, 1.54) is 6.08 Å². The molecule has 74 valence electrons. The van der Waals surface area contributed by atoms with Gasteiger partial charge in [0.25, 0.3) is 0 Å². The predicted molar refractivity (Wildman–Crippen MR) is 54.7 cm³/mol. The summed E-state index contributed by atoms with van der Waals surface area (Å²) >= 11 is 10.0. The molecule has 0 aliphatic heterocycles. The molecule has 0 atom stereocenters. The molecule has 4 nitrogen and oxygen atoms in total. The molecule has 1 aromatic rings. The third-order valence-electron chi connectivity index (χ3n) is 1.02. The van der Waals surface area contributed by atoms with Crippen molar-refractivity contribution in [2.45, 2.75) is 0 Å². The zero-order valence-corrected chi connectivity index (χ0v) is 8.42. The summed E-state index contributed by atoms with van der Waals surface area (Å²) < 4.78 is 0. The Kier molecular flexibility index (Phi) is 6.41. The number of carbonyl (C=O) groups excluding carboxylic acids is 2. The predicted octanol–water partition coefficient (Wildman–Crippen LogP) is 2.61. The van der Waals surface area contributed by atoms with Crippen LogP contribution in [0, 0.1) is 0 Å². The van der Waals surface area contributed by atoms with Crippen molar-refractivity contribution in [3.8, 4) is 0 Å². The molecule has 0 unspecified atom stereocenters. The number of isocyanates is 1. The molecule has 0 aliphatic rings. The summed E-state index contributed by atoms with van der Waals surface area (Å²) in [5, 5.41) is -0.397. The molecule has 1 rings (SSSR count). The zero-order chi connectivity index (χ0) is 11.0. The van der Waals surface area contributed by atoms with Crippen LogP contribution in [0.5, 0.6) is 0 Å². The van der Waals surface area contributed by atoms with Crippen molar-refractivity contribution in [1.82, 2.24) is 0 Å². The van der Waals surface area contributed by atoms with Gasteiger partial charge in [-0.1, -0.05) is 23.7 Å². The van der Waals surface area contributed by atoms with Crippen molar-refractivity contribution in [1.29, 1.82) is 0 Å². The van der Waals surface area contributed by atoms with Crippen LogP contribution in [-0.2, 0) is 4.79 Å². The van der Waals surface area contributed by atoms with E-state index in [9.17, 15) is 4.79 Å². The van der Waals surface area contributed by atoms with E-state index in [0.717, 1.165) is 0 Å². The third-order valence-corrected chi connectivity index (χ3v) is 1.34. The first-order valence-electron chi connectivity index (χ1n) is 3.35. The topological polar surface area (TPSA) is 72.5 Å². The van der Waals surface area contributed by atoms with Gasteiger partial charge in [0.1, 0.15) is 0 Å². The van der Waals surface area contributed by atoms with Gasteiger partial charge < -0.3 is 5.73 Å². The number of nitrogens with zero attached hydrogens (tertiary/aromatic N) is 1. The second kappa shape index (κ2) is 7.09. The Balaban J connectivity index is 0.000000364. The van der Waals surface area contributed by atoms with E-state index in [1.54, 1.807) is 24.3 Å². The number of halogens is 2. The molecule has 14 heavy (non-hydrogen) atoms. The molecule has 0 saturated heterocycles. The van der Waals surface area contributed by atoms with Gasteiger partial charge in [-0.2, -0.15) is 4.99 Å². The van der Waals surface area contributed by atoms with Gasteiger partial charge in [0.05, 0.1) is 10.7 Å². The third kappa shape index (κ3) is 6.20. The van der Waals surface area contributed by atoms with Crippen molar-refractivity contribution >= 4 is 40.3 Å². The van der Waals surface area contributed by atoms with E-state index in [4.69, 9.17) is 16.4 Å². The fourth-order valence-electron chi connectivity index (χ4n) is 0.592. The second-order valence-corrected chi connectivity index (χ2v) is 2.74. The minimum Gasteiger partial charge on any atom is -0.356 e. The molecule has 0 saturated carbocycles. The molecule has 0 heterocycles. The van der Waals surface area contributed by atoms with Gasteiger partial charge in [-0.15, -0.1) is 0 Å². The van der Waals surface area contributed by atoms with Gasteiger partial charge in [0.2, 0.25) is 6.08 Å². The quantitative estimate of drug-likeness (QED) is 0.350. The van der Waals surface area contributed by atoms with Gasteiger partial charge in [-0.25, -0.2) is 4.79 Å². The maximum Gasteiger partial charge on any atom is 0.311 e. The maximum absolute atomic E-state index is 9.78. The number of benzene rings is 1. The van der Waals surface area contributed by atoms with Gasteiger partial charge in [-0.3, -0.25) is 4.79 Å². The molecule has 0 bridgehead atoms. The Labute approximate surface area is 90.3 Å². The van der Waals surface area contributed by atoms with Crippen molar-refractivity contribution in [2.75, 3.05) is 0 Å². The molecule has 1 amide bonds. The number of primary amides is 1. The number of amides is 1. The van der Waals surface area contributed by atoms with Gasteiger partial charge in [-0.05, 0) is 23.7 Å². The number of aliphatic imine (C=N–C) groups is 1.